The zero-order chi connectivity index (χ0) is 23.2. The molecule has 0 fully saturated rings. The lowest BCUT2D eigenvalue weighted by Crippen LogP contribution is -2.34. The van der Waals surface area contributed by atoms with Gasteiger partial charge in [-0.1, -0.05) is 96.8 Å². The van der Waals surface area contributed by atoms with Crippen LogP contribution in [0.4, 0.5) is 0 Å². The molecule has 0 unspecified atom stereocenters. The van der Waals surface area contributed by atoms with Gasteiger partial charge in [-0.25, -0.2) is 4.79 Å². The van der Waals surface area contributed by atoms with Gasteiger partial charge in [-0.05, 0) is 19.3 Å². The van der Waals surface area contributed by atoms with Crippen molar-refractivity contribution in [3.63, 3.8) is 0 Å². The molecule has 6 N–H and O–H groups in total. The van der Waals surface area contributed by atoms with Gasteiger partial charge in [0.2, 0.25) is 0 Å². The zero-order valence-electron chi connectivity index (χ0n) is 19.9. The highest BCUT2D eigenvalue weighted by atomic mass is 16.6. The van der Waals surface area contributed by atoms with Crippen LogP contribution in [0.3, 0.4) is 0 Å². The monoisotopic (exact) mass is 440 g/mol. The third kappa shape index (κ3) is 21.4. The number of nitrogens with zero attached hydrogens (tertiary/aromatic N) is 1. The van der Waals surface area contributed by atoms with E-state index in [-0.39, 0.29) is 12.4 Å². The first-order valence-corrected chi connectivity index (χ1v) is 12.5. The molecule has 0 heterocycles. The minimum Gasteiger partial charge on any atom is -0.392 e. The van der Waals surface area contributed by atoms with Crippen molar-refractivity contribution in [2.24, 2.45) is 22.2 Å². The number of nitrogens with two attached hydrogens (primary N) is 3. The molecule has 0 amide bonds. The molecule has 31 heavy (non-hydrogen) atoms. The summed E-state index contributed by atoms with van der Waals surface area (Å²) in [7, 11) is 0. The van der Waals surface area contributed by atoms with Crippen LogP contribution in [0, 0.1) is 0 Å². The van der Waals surface area contributed by atoms with Crippen LogP contribution in [0.2, 0.25) is 0 Å². The normalized spacial score (nSPS) is 11.8. The highest BCUT2D eigenvalue weighted by molar-refractivity contribution is 5.88. The maximum absolute atomic E-state index is 11.8. The summed E-state index contributed by atoms with van der Waals surface area (Å²) in [6.07, 6.45) is 20.3. The molecule has 0 radical (unpaired) electrons. The zero-order valence-corrected chi connectivity index (χ0v) is 19.9. The quantitative estimate of drug-likeness (QED) is 0.0778. The van der Waals surface area contributed by atoms with Gasteiger partial charge in [-0.15, -0.1) is 0 Å². The number of hydrogen-bond acceptors (Lipinski definition) is 5. The van der Waals surface area contributed by atoms with Crippen molar-refractivity contribution in [1.82, 2.24) is 0 Å². The summed E-state index contributed by atoms with van der Waals surface area (Å²) >= 11 is 0. The van der Waals surface area contributed by atoms with Gasteiger partial charge in [0.15, 0.2) is 5.96 Å². The Kier molecular flexibility index (Phi) is 20.5. The van der Waals surface area contributed by atoms with Crippen molar-refractivity contribution in [2.45, 2.75) is 129 Å². The van der Waals surface area contributed by atoms with Crippen LogP contribution in [0.5, 0.6) is 0 Å². The number of carbonyl (C=O) groups excluding carboxylic acids is 2. The van der Waals surface area contributed by atoms with Crippen molar-refractivity contribution in [2.75, 3.05) is 6.54 Å². The summed E-state index contributed by atoms with van der Waals surface area (Å²) in [6.45, 7) is 2.66. The first kappa shape index (κ1) is 29.4. The van der Waals surface area contributed by atoms with E-state index in [1.54, 1.807) is 0 Å². The van der Waals surface area contributed by atoms with E-state index in [0.717, 1.165) is 19.3 Å². The summed E-state index contributed by atoms with van der Waals surface area (Å²) in [5.41, 5.74) is 16.2. The van der Waals surface area contributed by atoms with Crippen LogP contribution in [-0.2, 0) is 14.3 Å². The molecule has 0 aromatic heterocycles. The standard InChI is InChI=1S/C24H48N4O3/c1-2-3-4-5-6-7-8-9-10-11-12-13-14-15-16-19-22(29)31-23(30)21(25)18-17-20-28-24(26)27/h21H,2-20,25H2,1H3,(H4,26,27,28)/t21-/m0/s1. The van der Waals surface area contributed by atoms with Gasteiger partial charge in [0.25, 0.3) is 0 Å². The van der Waals surface area contributed by atoms with Gasteiger partial charge in [0.1, 0.15) is 6.04 Å². The summed E-state index contributed by atoms with van der Waals surface area (Å²) in [5, 5.41) is 0. The number of rotatable bonds is 21. The molecule has 0 aromatic rings. The number of unbranched alkanes of at least 4 members (excludes halogenated alkanes) is 14. The molecule has 0 saturated carbocycles. The molecule has 0 bridgehead atoms. The van der Waals surface area contributed by atoms with Crippen molar-refractivity contribution in [3.05, 3.63) is 0 Å². The second-order valence-electron chi connectivity index (χ2n) is 8.55. The molecule has 7 heteroatoms. The van der Waals surface area contributed by atoms with E-state index in [9.17, 15) is 9.59 Å². The van der Waals surface area contributed by atoms with E-state index in [0.29, 0.717) is 19.4 Å². The first-order chi connectivity index (χ1) is 15.0. The van der Waals surface area contributed by atoms with Crippen LogP contribution < -0.4 is 17.2 Å². The van der Waals surface area contributed by atoms with Gasteiger partial charge < -0.3 is 21.9 Å². The number of aliphatic imine (C=N–C) groups is 1. The average Bonchev–Trinajstić information content (AvgIpc) is 2.73. The molecule has 0 aliphatic heterocycles. The summed E-state index contributed by atoms with van der Waals surface area (Å²) < 4.78 is 4.82. The predicted octanol–water partition coefficient (Wildman–Crippen LogP) is 4.70. The van der Waals surface area contributed by atoms with Crippen LogP contribution >= 0.6 is 0 Å². The van der Waals surface area contributed by atoms with Crippen molar-refractivity contribution < 1.29 is 14.3 Å². The second kappa shape index (κ2) is 21.6. The highest BCUT2D eigenvalue weighted by Crippen LogP contribution is 2.14. The Morgan fingerprint density at radius 2 is 1.19 bits per heavy atom. The number of ether oxygens (including phenoxy) is 1. The van der Waals surface area contributed by atoms with Crippen LogP contribution in [0.25, 0.3) is 0 Å². The molecule has 0 spiro atoms. The van der Waals surface area contributed by atoms with Crippen LogP contribution in [0.15, 0.2) is 4.99 Å². The van der Waals surface area contributed by atoms with Gasteiger partial charge in [-0.3, -0.25) is 9.79 Å². The molecule has 0 saturated heterocycles. The largest absolute Gasteiger partial charge is 0.392 e. The number of hydrogen-bond donors (Lipinski definition) is 3. The van der Waals surface area contributed by atoms with Gasteiger partial charge >= 0.3 is 11.9 Å². The SMILES string of the molecule is CCCCCCCCCCCCCCCCCC(=O)OC(=O)[C@@H](N)CCCN=C(N)N. The van der Waals surface area contributed by atoms with Crippen molar-refractivity contribution in [3.8, 4) is 0 Å². The number of carbonyl (C=O) groups is 2. The lowest BCUT2D eigenvalue weighted by molar-refractivity contribution is -0.160. The Morgan fingerprint density at radius 1 is 0.742 bits per heavy atom. The molecule has 0 aliphatic carbocycles. The summed E-state index contributed by atoms with van der Waals surface area (Å²) in [6, 6.07) is -0.820. The van der Waals surface area contributed by atoms with Crippen molar-refractivity contribution >= 4 is 17.9 Å². The van der Waals surface area contributed by atoms with Crippen LogP contribution in [0.1, 0.15) is 122 Å². The third-order valence-electron chi connectivity index (χ3n) is 5.47. The Hall–Kier alpha value is -1.63. The highest BCUT2D eigenvalue weighted by Gasteiger charge is 2.18. The van der Waals surface area contributed by atoms with Gasteiger partial charge in [-0.2, -0.15) is 0 Å². The summed E-state index contributed by atoms with van der Waals surface area (Å²) in [5.74, 6) is -1.15. The van der Waals surface area contributed by atoms with E-state index in [4.69, 9.17) is 21.9 Å². The van der Waals surface area contributed by atoms with Gasteiger partial charge in [0.05, 0.1) is 0 Å². The van der Waals surface area contributed by atoms with Crippen molar-refractivity contribution in [1.29, 1.82) is 0 Å². The average molecular weight is 441 g/mol. The molecule has 7 nitrogen and oxygen atoms in total. The molecular formula is C24H48N4O3. The van der Waals surface area contributed by atoms with E-state index in [1.807, 2.05) is 0 Å². The smallest absolute Gasteiger partial charge is 0.330 e. The Morgan fingerprint density at radius 3 is 1.65 bits per heavy atom. The molecule has 182 valence electrons. The Labute approximate surface area is 189 Å². The van der Waals surface area contributed by atoms with Gasteiger partial charge in [0, 0.05) is 13.0 Å². The molecule has 0 rings (SSSR count). The molecule has 0 aromatic carbocycles. The fraction of sp³-hybridized carbons (Fsp3) is 0.875. The fourth-order valence-electron chi connectivity index (χ4n) is 3.52. The Balaban J connectivity index is 3.44. The van der Waals surface area contributed by atoms with E-state index >= 15 is 0 Å². The Bertz CT molecular complexity index is 479. The van der Waals surface area contributed by atoms with E-state index < -0.39 is 18.0 Å². The number of esters is 2. The maximum atomic E-state index is 11.8. The second-order valence-corrected chi connectivity index (χ2v) is 8.55. The van der Waals surface area contributed by atoms with E-state index in [1.165, 1.54) is 77.0 Å². The predicted molar refractivity (Wildman–Crippen MR) is 129 cm³/mol. The number of guanidine groups is 1. The molecule has 0 aliphatic rings. The molecular weight excluding hydrogens is 392 g/mol. The van der Waals surface area contributed by atoms with E-state index in [2.05, 4.69) is 11.9 Å². The maximum Gasteiger partial charge on any atom is 0.330 e. The lowest BCUT2D eigenvalue weighted by Gasteiger charge is -2.09. The molecule has 1 atom stereocenters. The summed E-state index contributed by atoms with van der Waals surface area (Å²) in [4.78, 5) is 27.4. The lowest BCUT2D eigenvalue weighted by atomic mass is 10.0. The topological polar surface area (TPSA) is 134 Å². The first-order valence-electron chi connectivity index (χ1n) is 12.5. The van der Waals surface area contributed by atoms with Crippen LogP contribution in [-0.4, -0.2) is 30.5 Å². The fourth-order valence-corrected chi connectivity index (χ4v) is 3.52. The minimum absolute atomic E-state index is 0.00910. The minimum atomic E-state index is -0.820. The third-order valence-corrected chi connectivity index (χ3v) is 5.47.